The largest absolute Gasteiger partial charge is 0.383 e. The van der Waals surface area contributed by atoms with E-state index < -0.39 is 6.04 Å². The molecule has 0 saturated carbocycles. The second-order valence-electron chi connectivity index (χ2n) is 4.64. The summed E-state index contributed by atoms with van der Waals surface area (Å²) in [4.78, 5) is 11.7. The summed E-state index contributed by atoms with van der Waals surface area (Å²) in [6.07, 6.45) is 5.76. The van der Waals surface area contributed by atoms with E-state index in [-0.39, 0.29) is 18.6 Å². The van der Waals surface area contributed by atoms with Crippen molar-refractivity contribution in [3.8, 4) is 0 Å². The van der Waals surface area contributed by atoms with Gasteiger partial charge in [0.05, 0.1) is 31.1 Å². The predicted molar refractivity (Wildman–Crippen MR) is 69.7 cm³/mol. The van der Waals surface area contributed by atoms with E-state index in [1.807, 2.05) is 0 Å². The number of anilines is 1. The van der Waals surface area contributed by atoms with Crippen LogP contribution in [0.4, 0.5) is 5.69 Å². The van der Waals surface area contributed by atoms with Crippen molar-refractivity contribution < 1.29 is 14.3 Å². The topological polar surface area (TPSA) is 91.4 Å². The van der Waals surface area contributed by atoms with Gasteiger partial charge in [0.1, 0.15) is 6.04 Å². The van der Waals surface area contributed by atoms with Gasteiger partial charge in [0.15, 0.2) is 0 Å². The number of aromatic nitrogens is 2. The Morgan fingerprint density at radius 3 is 3.32 bits per heavy atom. The van der Waals surface area contributed by atoms with Gasteiger partial charge in [-0.15, -0.1) is 0 Å². The molecule has 2 unspecified atom stereocenters. The van der Waals surface area contributed by atoms with E-state index in [9.17, 15) is 4.79 Å². The number of amides is 1. The maximum absolute atomic E-state index is 11.7. The minimum Gasteiger partial charge on any atom is -0.383 e. The van der Waals surface area contributed by atoms with Gasteiger partial charge in [-0.3, -0.25) is 9.48 Å². The fraction of sp³-hybridized carbons (Fsp3) is 0.667. The summed E-state index contributed by atoms with van der Waals surface area (Å²) < 4.78 is 12.1. The Morgan fingerprint density at radius 2 is 2.63 bits per heavy atom. The first kappa shape index (κ1) is 14.0. The predicted octanol–water partition coefficient (Wildman–Crippen LogP) is -0.0257. The monoisotopic (exact) mass is 268 g/mol. The summed E-state index contributed by atoms with van der Waals surface area (Å²) in [5, 5.41) is 6.89. The summed E-state index contributed by atoms with van der Waals surface area (Å²) >= 11 is 0. The number of carbonyl (C=O) groups is 1. The number of nitrogens with one attached hydrogen (secondary N) is 1. The third kappa shape index (κ3) is 4.02. The number of hydrogen-bond acceptors (Lipinski definition) is 5. The van der Waals surface area contributed by atoms with Crippen LogP contribution in [-0.2, 0) is 20.8 Å². The van der Waals surface area contributed by atoms with Crippen LogP contribution in [0.15, 0.2) is 12.4 Å². The van der Waals surface area contributed by atoms with Crippen molar-refractivity contribution in [2.45, 2.75) is 31.5 Å². The van der Waals surface area contributed by atoms with Crippen molar-refractivity contribution in [1.82, 2.24) is 9.78 Å². The molecule has 2 rings (SSSR count). The molecule has 2 atom stereocenters. The molecular formula is C12H20N4O3. The van der Waals surface area contributed by atoms with Crippen LogP contribution in [0.3, 0.4) is 0 Å². The molecule has 106 valence electrons. The molecule has 0 bridgehead atoms. The number of nitrogens with zero attached hydrogens (tertiary/aromatic N) is 2. The standard InChI is InChI=1S/C12H20N4O3/c1-18-8-11(13)12(17)15-9-5-14-16(6-9)7-10-3-2-4-19-10/h5-6,10-11H,2-4,7-8,13H2,1H3,(H,15,17). The van der Waals surface area contributed by atoms with Gasteiger partial charge in [0.2, 0.25) is 5.91 Å². The van der Waals surface area contributed by atoms with Gasteiger partial charge in [-0.05, 0) is 12.8 Å². The molecule has 7 nitrogen and oxygen atoms in total. The fourth-order valence-electron chi connectivity index (χ4n) is 2.02. The van der Waals surface area contributed by atoms with E-state index in [0.717, 1.165) is 19.4 Å². The Labute approximate surface area is 112 Å². The lowest BCUT2D eigenvalue weighted by atomic mass is 10.2. The molecule has 7 heteroatoms. The molecule has 1 aliphatic rings. The maximum atomic E-state index is 11.7. The zero-order valence-corrected chi connectivity index (χ0v) is 11.0. The van der Waals surface area contributed by atoms with Crippen molar-refractivity contribution >= 4 is 11.6 Å². The number of hydrogen-bond donors (Lipinski definition) is 2. The zero-order chi connectivity index (χ0) is 13.7. The number of carbonyl (C=O) groups excluding carboxylic acids is 1. The Kier molecular flexibility index (Phi) is 4.89. The van der Waals surface area contributed by atoms with Crippen LogP contribution in [0.2, 0.25) is 0 Å². The minimum atomic E-state index is -0.675. The van der Waals surface area contributed by atoms with Crippen LogP contribution in [0.1, 0.15) is 12.8 Å². The third-order valence-electron chi connectivity index (χ3n) is 3.00. The Balaban J connectivity index is 1.84. The zero-order valence-electron chi connectivity index (χ0n) is 11.0. The molecule has 0 aromatic carbocycles. The van der Waals surface area contributed by atoms with Crippen LogP contribution in [0, 0.1) is 0 Å². The van der Waals surface area contributed by atoms with E-state index in [2.05, 4.69) is 10.4 Å². The quantitative estimate of drug-likeness (QED) is 0.756. The highest BCUT2D eigenvalue weighted by Gasteiger charge is 2.17. The number of rotatable bonds is 6. The molecule has 2 heterocycles. The Morgan fingerprint density at radius 1 is 1.79 bits per heavy atom. The average Bonchev–Trinajstić information content (AvgIpc) is 3.02. The van der Waals surface area contributed by atoms with Crippen molar-refractivity contribution in [2.75, 3.05) is 25.6 Å². The van der Waals surface area contributed by atoms with Gasteiger partial charge in [0.25, 0.3) is 0 Å². The normalized spacial score (nSPS) is 20.4. The summed E-state index contributed by atoms with van der Waals surface area (Å²) in [6, 6.07) is -0.675. The Bertz CT molecular complexity index is 415. The van der Waals surface area contributed by atoms with Gasteiger partial charge >= 0.3 is 0 Å². The first-order valence-corrected chi connectivity index (χ1v) is 6.38. The molecular weight excluding hydrogens is 248 g/mol. The number of nitrogens with two attached hydrogens (primary N) is 1. The van der Waals surface area contributed by atoms with Crippen LogP contribution >= 0.6 is 0 Å². The summed E-state index contributed by atoms with van der Waals surface area (Å²) in [7, 11) is 1.51. The average molecular weight is 268 g/mol. The molecule has 19 heavy (non-hydrogen) atoms. The van der Waals surface area contributed by atoms with Crippen molar-refractivity contribution in [3.05, 3.63) is 12.4 Å². The molecule has 1 amide bonds. The van der Waals surface area contributed by atoms with Gasteiger partial charge < -0.3 is 20.5 Å². The highest BCUT2D eigenvalue weighted by Crippen LogP contribution is 2.14. The SMILES string of the molecule is COCC(N)C(=O)Nc1cnn(CC2CCCO2)c1. The van der Waals surface area contributed by atoms with E-state index in [4.69, 9.17) is 15.2 Å². The first-order chi connectivity index (χ1) is 9.19. The van der Waals surface area contributed by atoms with E-state index in [1.165, 1.54) is 7.11 Å². The minimum absolute atomic E-state index is 0.190. The van der Waals surface area contributed by atoms with Crippen LogP contribution in [0.5, 0.6) is 0 Å². The van der Waals surface area contributed by atoms with Gasteiger partial charge in [0, 0.05) is 19.9 Å². The van der Waals surface area contributed by atoms with Crippen molar-refractivity contribution in [1.29, 1.82) is 0 Å². The van der Waals surface area contributed by atoms with Crippen molar-refractivity contribution in [2.24, 2.45) is 5.73 Å². The smallest absolute Gasteiger partial charge is 0.243 e. The first-order valence-electron chi connectivity index (χ1n) is 6.38. The third-order valence-corrected chi connectivity index (χ3v) is 3.00. The summed E-state index contributed by atoms with van der Waals surface area (Å²) in [5.41, 5.74) is 6.26. The second-order valence-corrected chi connectivity index (χ2v) is 4.64. The lowest BCUT2D eigenvalue weighted by Gasteiger charge is -2.10. The van der Waals surface area contributed by atoms with Gasteiger partial charge in [-0.1, -0.05) is 0 Å². The number of ether oxygens (including phenoxy) is 2. The molecule has 1 saturated heterocycles. The fourth-order valence-corrected chi connectivity index (χ4v) is 2.02. The lowest BCUT2D eigenvalue weighted by Crippen LogP contribution is -2.39. The van der Waals surface area contributed by atoms with Gasteiger partial charge in [-0.25, -0.2) is 0 Å². The lowest BCUT2D eigenvalue weighted by molar-refractivity contribution is -0.118. The number of methoxy groups -OCH3 is 1. The van der Waals surface area contributed by atoms with Crippen LogP contribution < -0.4 is 11.1 Å². The Hall–Kier alpha value is -1.44. The van der Waals surface area contributed by atoms with E-state index in [0.29, 0.717) is 12.2 Å². The highest BCUT2D eigenvalue weighted by molar-refractivity contribution is 5.94. The van der Waals surface area contributed by atoms with Crippen LogP contribution in [0.25, 0.3) is 0 Å². The maximum Gasteiger partial charge on any atom is 0.243 e. The molecule has 0 radical (unpaired) electrons. The molecule has 1 aromatic heterocycles. The van der Waals surface area contributed by atoms with Crippen molar-refractivity contribution in [3.63, 3.8) is 0 Å². The molecule has 0 aliphatic carbocycles. The highest BCUT2D eigenvalue weighted by atomic mass is 16.5. The molecule has 1 aliphatic heterocycles. The molecule has 3 N–H and O–H groups in total. The molecule has 0 spiro atoms. The molecule has 1 fully saturated rings. The molecule has 1 aromatic rings. The van der Waals surface area contributed by atoms with E-state index in [1.54, 1.807) is 17.1 Å². The second kappa shape index (κ2) is 6.65. The summed E-state index contributed by atoms with van der Waals surface area (Å²) in [6.45, 7) is 1.72. The van der Waals surface area contributed by atoms with E-state index >= 15 is 0 Å². The van der Waals surface area contributed by atoms with Gasteiger partial charge in [-0.2, -0.15) is 5.10 Å². The summed E-state index contributed by atoms with van der Waals surface area (Å²) in [5.74, 6) is -0.279. The van der Waals surface area contributed by atoms with Crippen LogP contribution in [-0.4, -0.2) is 48.2 Å².